The first kappa shape index (κ1) is 8.36. The van der Waals surface area contributed by atoms with Crippen molar-refractivity contribution in [3.63, 3.8) is 0 Å². The minimum Gasteiger partial charge on any atom is -0.449 e. The van der Waals surface area contributed by atoms with Crippen LogP contribution in [0.15, 0.2) is 5.38 Å². The van der Waals surface area contributed by atoms with Gasteiger partial charge >= 0.3 is 6.16 Å². The molecule has 0 unspecified atom stereocenters. The molecule has 11 heavy (non-hydrogen) atoms. The monoisotopic (exact) mass is 192 g/mol. The summed E-state index contributed by atoms with van der Waals surface area (Å²) < 4.78 is 4.37. The molecule has 1 aromatic heterocycles. The largest absolute Gasteiger partial charge is 0.512 e. The van der Waals surface area contributed by atoms with Gasteiger partial charge in [0.15, 0.2) is 0 Å². The van der Waals surface area contributed by atoms with E-state index in [4.69, 9.17) is 16.7 Å². The van der Waals surface area contributed by atoms with Gasteiger partial charge in [-0.3, -0.25) is 0 Å². The van der Waals surface area contributed by atoms with Crippen LogP contribution >= 0.6 is 22.9 Å². The van der Waals surface area contributed by atoms with E-state index >= 15 is 0 Å². The van der Waals surface area contributed by atoms with Crippen LogP contribution in [-0.2, 0) is 0 Å². The highest BCUT2D eigenvalue weighted by atomic mass is 35.5. The van der Waals surface area contributed by atoms with Crippen LogP contribution in [0.25, 0.3) is 0 Å². The molecular formula is C6H5ClO3S. The quantitative estimate of drug-likeness (QED) is 0.696. The van der Waals surface area contributed by atoms with E-state index in [1.807, 2.05) is 0 Å². The van der Waals surface area contributed by atoms with Crippen molar-refractivity contribution in [2.24, 2.45) is 0 Å². The van der Waals surface area contributed by atoms with Gasteiger partial charge in [0.05, 0.1) is 5.02 Å². The Labute approximate surface area is 72.2 Å². The summed E-state index contributed by atoms with van der Waals surface area (Å²) in [7, 11) is 0. The smallest absolute Gasteiger partial charge is 0.449 e. The Balaban J connectivity index is 2.87. The van der Waals surface area contributed by atoms with Crippen molar-refractivity contribution < 1.29 is 14.6 Å². The zero-order valence-corrected chi connectivity index (χ0v) is 7.20. The normalized spacial score (nSPS) is 9.64. The van der Waals surface area contributed by atoms with E-state index in [0.717, 1.165) is 5.56 Å². The summed E-state index contributed by atoms with van der Waals surface area (Å²) >= 11 is 6.84. The molecule has 0 spiro atoms. The lowest BCUT2D eigenvalue weighted by molar-refractivity contribution is 0.146. The highest BCUT2D eigenvalue weighted by Gasteiger charge is 2.10. The molecule has 1 heterocycles. The molecule has 1 rings (SSSR count). The summed E-state index contributed by atoms with van der Waals surface area (Å²) in [6, 6.07) is 0. The Morgan fingerprint density at radius 3 is 2.82 bits per heavy atom. The van der Waals surface area contributed by atoms with Crippen molar-refractivity contribution >= 4 is 29.1 Å². The van der Waals surface area contributed by atoms with E-state index < -0.39 is 6.16 Å². The number of rotatable bonds is 1. The highest BCUT2D eigenvalue weighted by Crippen LogP contribution is 2.34. The van der Waals surface area contributed by atoms with E-state index in [1.165, 1.54) is 11.3 Å². The highest BCUT2D eigenvalue weighted by molar-refractivity contribution is 7.12. The summed E-state index contributed by atoms with van der Waals surface area (Å²) in [6.07, 6.45) is -1.34. The molecule has 0 saturated carbocycles. The average molecular weight is 193 g/mol. The Hall–Kier alpha value is -0.740. The zero-order chi connectivity index (χ0) is 8.43. The van der Waals surface area contributed by atoms with Gasteiger partial charge in [-0.25, -0.2) is 4.79 Å². The van der Waals surface area contributed by atoms with E-state index in [0.29, 0.717) is 5.02 Å². The van der Waals surface area contributed by atoms with E-state index in [-0.39, 0.29) is 5.06 Å². The van der Waals surface area contributed by atoms with E-state index in [1.54, 1.807) is 12.3 Å². The lowest BCUT2D eigenvalue weighted by atomic mass is 10.4. The predicted molar refractivity (Wildman–Crippen MR) is 42.7 cm³/mol. The van der Waals surface area contributed by atoms with Crippen molar-refractivity contribution in [3.05, 3.63) is 16.0 Å². The maximum absolute atomic E-state index is 10.1. The summed E-state index contributed by atoms with van der Waals surface area (Å²) in [4.78, 5) is 10.1. The molecule has 0 atom stereocenters. The maximum Gasteiger partial charge on any atom is 0.512 e. The summed E-state index contributed by atoms with van der Waals surface area (Å²) in [5.74, 6) is 0. The Morgan fingerprint density at radius 1 is 1.82 bits per heavy atom. The van der Waals surface area contributed by atoms with Gasteiger partial charge in [-0.05, 0) is 17.9 Å². The second-order valence-corrected chi connectivity index (χ2v) is 3.11. The number of halogens is 1. The van der Waals surface area contributed by atoms with Crippen LogP contribution in [0.3, 0.4) is 0 Å². The third-order valence-corrected chi connectivity index (χ3v) is 2.60. The Morgan fingerprint density at radius 2 is 2.45 bits per heavy atom. The maximum atomic E-state index is 10.1. The molecule has 0 aliphatic carbocycles. The molecule has 0 amide bonds. The minimum absolute atomic E-state index is 0.233. The number of ether oxygens (including phenoxy) is 1. The van der Waals surface area contributed by atoms with Crippen molar-refractivity contribution in [3.8, 4) is 5.06 Å². The van der Waals surface area contributed by atoms with Crippen molar-refractivity contribution in [1.29, 1.82) is 0 Å². The second kappa shape index (κ2) is 3.11. The zero-order valence-electron chi connectivity index (χ0n) is 5.63. The van der Waals surface area contributed by atoms with Gasteiger partial charge in [0, 0.05) is 0 Å². The van der Waals surface area contributed by atoms with Gasteiger partial charge in [0.1, 0.15) is 0 Å². The first-order valence-corrected chi connectivity index (χ1v) is 4.01. The van der Waals surface area contributed by atoms with Crippen LogP contribution in [0.4, 0.5) is 4.79 Å². The number of hydrogen-bond acceptors (Lipinski definition) is 3. The van der Waals surface area contributed by atoms with Crippen LogP contribution in [0.5, 0.6) is 5.06 Å². The summed E-state index contributed by atoms with van der Waals surface area (Å²) in [5.41, 5.74) is 0.827. The molecule has 3 nitrogen and oxygen atoms in total. The van der Waals surface area contributed by atoms with Gasteiger partial charge in [-0.1, -0.05) is 11.6 Å². The van der Waals surface area contributed by atoms with Crippen LogP contribution in [0.2, 0.25) is 5.02 Å². The molecular weight excluding hydrogens is 188 g/mol. The molecule has 1 aromatic rings. The SMILES string of the molecule is Cc1csc(OC(=O)O)c1Cl. The van der Waals surface area contributed by atoms with Gasteiger partial charge in [-0.15, -0.1) is 11.3 Å². The van der Waals surface area contributed by atoms with Gasteiger partial charge < -0.3 is 9.84 Å². The number of carboxylic acid groups (broad SMARTS) is 1. The molecule has 1 N–H and O–H groups in total. The van der Waals surface area contributed by atoms with Crippen LogP contribution < -0.4 is 4.74 Å². The molecule has 0 aliphatic heterocycles. The Kier molecular flexibility index (Phi) is 2.36. The fourth-order valence-electron chi connectivity index (χ4n) is 0.555. The molecule has 0 aromatic carbocycles. The first-order valence-electron chi connectivity index (χ1n) is 2.75. The number of thiophene rings is 1. The molecule has 60 valence electrons. The van der Waals surface area contributed by atoms with Gasteiger partial charge in [-0.2, -0.15) is 0 Å². The lowest BCUT2D eigenvalue weighted by Crippen LogP contribution is -2.01. The second-order valence-electron chi connectivity index (χ2n) is 1.89. The number of aryl methyl sites for hydroxylation is 1. The summed E-state index contributed by atoms with van der Waals surface area (Å²) in [6.45, 7) is 1.79. The molecule has 0 saturated heterocycles. The minimum atomic E-state index is -1.34. The molecule has 0 aliphatic rings. The average Bonchev–Trinajstić information content (AvgIpc) is 2.18. The molecule has 0 bridgehead atoms. The van der Waals surface area contributed by atoms with Crippen molar-refractivity contribution in [2.45, 2.75) is 6.92 Å². The first-order chi connectivity index (χ1) is 5.11. The number of carbonyl (C=O) groups is 1. The fourth-order valence-corrected chi connectivity index (χ4v) is 1.63. The van der Waals surface area contributed by atoms with Crippen LogP contribution in [0.1, 0.15) is 5.56 Å². The topological polar surface area (TPSA) is 46.5 Å². The van der Waals surface area contributed by atoms with E-state index in [9.17, 15) is 4.79 Å². The number of hydrogen-bond donors (Lipinski definition) is 1. The lowest BCUT2D eigenvalue weighted by Gasteiger charge is -1.94. The van der Waals surface area contributed by atoms with Crippen molar-refractivity contribution in [1.82, 2.24) is 0 Å². The van der Waals surface area contributed by atoms with Gasteiger partial charge in [0.25, 0.3) is 0 Å². The standard InChI is InChI=1S/C6H5ClO3S/c1-3-2-11-5(4(3)7)10-6(8)9/h2H,1H3,(H,8,9). The third kappa shape index (κ3) is 1.85. The molecule has 0 fully saturated rings. The van der Waals surface area contributed by atoms with E-state index in [2.05, 4.69) is 4.74 Å². The van der Waals surface area contributed by atoms with Crippen molar-refractivity contribution in [2.75, 3.05) is 0 Å². The third-order valence-electron chi connectivity index (χ3n) is 1.05. The molecule has 5 heteroatoms. The molecule has 0 radical (unpaired) electrons. The predicted octanol–water partition coefficient (Wildman–Crippen LogP) is 2.77. The van der Waals surface area contributed by atoms with Gasteiger partial charge in [0.2, 0.25) is 5.06 Å². The Bertz CT molecular complexity index is 281. The van der Waals surface area contributed by atoms with Crippen LogP contribution in [0, 0.1) is 6.92 Å². The summed E-state index contributed by atoms with van der Waals surface area (Å²) in [5, 5.41) is 10.6. The van der Waals surface area contributed by atoms with Crippen LogP contribution in [-0.4, -0.2) is 11.3 Å². The fraction of sp³-hybridized carbons (Fsp3) is 0.167.